The van der Waals surface area contributed by atoms with E-state index in [4.69, 9.17) is 4.98 Å². The summed E-state index contributed by atoms with van der Waals surface area (Å²) in [4.78, 5) is 37.2. The third kappa shape index (κ3) is 3.51. The van der Waals surface area contributed by atoms with E-state index in [1.165, 1.54) is 31.7 Å². The summed E-state index contributed by atoms with van der Waals surface area (Å²) in [5.74, 6) is 0. The predicted molar refractivity (Wildman–Crippen MR) is 123 cm³/mol. The molecule has 162 valence electrons. The maximum atomic E-state index is 12.9. The summed E-state index contributed by atoms with van der Waals surface area (Å²) in [6.45, 7) is 2.25. The Morgan fingerprint density at radius 2 is 1.97 bits per heavy atom. The second-order valence-corrected chi connectivity index (χ2v) is 9.31. The van der Waals surface area contributed by atoms with Crippen LogP contribution >= 0.6 is 11.3 Å². The first-order valence-electron chi connectivity index (χ1n) is 10.7. The van der Waals surface area contributed by atoms with Crippen molar-refractivity contribution in [2.45, 2.75) is 38.3 Å². The topological polar surface area (TPSA) is 78.0 Å². The number of rotatable bonds is 5. The molecule has 0 bridgehead atoms. The molecule has 0 radical (unpaired) electrons. The lowest BCUT2D eigenvalue weighted by Gasteiger charge is -2.34. The highest BCUT2D eigenvalue weighted by Crippen LogP contribution is 2.35. The lowest BCUT2D eigenvalue weighted by atomic mass is 10.0. The van der Waals surface area contributed by atoms with E-state index in [1.807, 2.05) is 6.07 Å². The highest BCUT2D eigenvalue weighted by molar-refractivity contribution is 7.18. The number of imidazole rings is 1. The lowest BCUT2D eigenvalue weighted by molar-refractivity contribution is 0.144. The zero-order valence-corrected chi connectivity index (χ0v) is 18.6. The minimum atomic E-state index is -0.308. The molecule has 0 spiro atoms. The first-order chi connectivity index (χ1) is 15.0. The fraction of sp³-hybridized carbons (Fsp3) is 0.455. The van der Waals surface area contributed by atoms with Crippen LogP contribution in [0.5, 0.6) is 0 Å². The van der Waals surface area contributed by atoms with Crippen molar-refractivity contribution in [2.75, 3.05) is 13.1 Å². The second-order valence-electron chi connectivity index (χ2n) is 8.25. The number of para-hydroxylation sites is 1. The summed E-state index contributed by atoms with van der Waals surface area (Å²) in [5, 5.41) is 1.17. The van der Waals surface area contributed by atoms with Crippen molar-refractivity contribution in [1.82, 2.24) is 28.6 Å². The van der Waals surface area contributed by atoms with Gasteiger partial charge in [-0.1, -0.05) is 18.6 Å². The van der Waals surface area contributed by atoms with Crippen molar-refractivity contribution in [2.24, 2.45) is 14.1 Å². The molecule has 0 amide bonds. The van der Waals surface area contributed by atoms with Gasteiger partial charge in [0.2, 0.25) is 0 Å². The monoisotopic (exact) mass is 438 g/mol. The molecule has 4 aromatic rings. The number of piperidine rings is 1. The van der Waals surface area contributed by atoms with Gasteiger partial charge in [0.05, 0.1) is 22.6 Å². The van der Waals surface area contributed by atoms with E-state index >= 15 is 0 Å². The molecule has 3 aromatic heterocycles. The quantitative estimate of drug-likeness (QED) is 0.479. The largest absolute Gasteiger partial charge is 0.332 e. The first-order valence-corrected chi connectivity index (χ1v) is 11.6. The smallest absolute Gasteiger partial charge is 0.328 e. The molecule has 1 saturated heterocycles. The van der Waals surface area contributed by atoms with Gasteiger partial charge in [-0.2, -0.15) is 0 Å². The molecule has 5 rings (SSSR count). The highest BCUT2D eigenvalue weighted by atomic mass is 32.1. The highest BCUT2D eigenvalue weighted by Gasteiger charge is 2.26. The Labute approximate surface area is 183 Å². The molecule has 1 aliphatic rings. The number of aryl methyl sites for hydroxylation is 2. The Hall–Kier alpha value is -2.78. The van der Waals surface area contributed by atoms with E-state index in [2.05, 4.69) is 28.1 Å². The van der Waals surface area contributed by atoms with E-state index < -0.39 is 0 Å². The fourth-order valence-electron chi connectivity index (χ4n) is 4.60. The summed E-state index contributed by atoms with van der Waals surface area (Å²) in [6.07, 6.45) is 5.78. The van der Waals surface area contributed by atoms with Crippen LogP contribution in [0.1, 0.15) is 36.7 Å². The third-order valence-electron chi connectivity index (χ3n) is 6.24. The van der Waals surface area contributed by atoms with E-state index in [0.717, 1.165) is 31.4 Å². The first kappa shape index (κ1) is 20.1. The minimum absolute atomic E-state index is 0.264. The normalized spacial score (nSPS) is 17.7. The van der Waals surface area contributed by atoms with E-state index in [1.54, 1.807) is 36.3 Å². The number of hydrogen-bond donors (Lipinski definition) is 0. The van der Waals surface area contributed by atoms with Gasteiger partial charge in [0, 0.05) is 27.2 Å². The fourth-order valence-corrected chi connectivity index (χ4v) is 5.73. The van der Waals surface area contributed by atoms with Crippen LogP contribution in [0, 0.1) is 0 Å². The van der Waals surface area contributed by atoms with Gasteiger partial charge in [-0.3, -0.25) is 18.8 Å². The summed E-state index contributed by atoms with van der Waals surface area (Å²) < 4.78 is 5.71. The molecule has 1 fully saturated rings. The van der Waals surface area contributed by atoms with Crippen molar-refractivity contribution in [3.63, 3.8) is 0 Å². The molecule has 8 nitrogen and oxygen atoms in total. The Kier molecular flexibility index (Phi) is 5.23. The molecule has 0 N–H and O–H groups in total. The van der Waals surface area contributed by atoms with Crippen molar-refractivity contribution in [3.8, 4) is 0 Å². The second kappa shape index (κ2) is 8.05. The molecule has 0 aliphatic carbocycles. The summed E-state index contributed by atoms with van der Waals surface area (Å²) >= 11 is 1.78. The summed E-state index contributed by atoms with van der Waals surface area (Å²) in [7, 11) is 3.45. The van der Waals surface area contributed by atoms with E-state index in [0.29, 0.717) is 23.8 Å². The van der Waals surface area contributed by atoms with Crippen LogP contribution in [-0.2, 0) is 20.6 Å². The maximum Gasteiger partial charge on any atom is 0.332 e. The Bertz CT molecular complexity index is 1330. The minimum Gasteiger partial charge on any atom is -0.328 e. The van der Waals surface area contributed by atoms with Gasteiger partial charge in [-0.15, -0.1) is 11.3 Å². The number of aromatic nitrogens is 5. The summed E-state index contributed by atoms with van der Waals surface area (Å²) in [5.41, 5.74) is 1.39. The molecule has 1 aromatic carbocycles. The maximum absolute atomic E-state index is 12.9. The molecular formula is C22H26N6O2S. The zero-order chi connectivity index (χ0) is 21.5. The van der Waals surface area contributed by atoms with Gasteiger partial charge < -0.3 is 4.57 Å². The van der Waals surface area contributed by atoms with E-state index in [9.17, 15) is 9.59 Å². The van der Waals surface area contributed by atoms with Crippen LogP contribution in [0.3, 0.4) is 0 Å². The van der Waals surface area contributed by atoms with Crippen LogP contribution < -0.4 is 11.2 Å². The van der Waals surface area contributed by atoms with Gasteiger partial charge in [0.25, 0.3) is 5.56 Å². The molecule has 1 unspecified atom stereocenters. The number of fused-ring (bicyclic) bond motifs is 2. The average Bonchev–Trinajstić information content (AvgIpc) is 3.38. The van der Waals surface area contributed by atoms with Crippen LogP contribution in [0.4, 0.5) is 0 Å². The van der Waals surface area contributed by atoms with Gasteiger partial charge >= 0.3 is 5.69 Å². The van der Waals surface area contributed by atoms with E-state index in [-0.39, 0.29) is 11.2 Å². The van der Waals surface area contributed by atoms with Crippen LogP contribution in [0.25, 0.3) is 21.4 Å². The molecule has 31 heavy (non-hydrogen) atoms. The number of hydrogen-bond acceptors (Lipinski definition) is 6. The molecule has 0 saturated carbocycles. The number of benzene rings is 1. The van der Waals surface area contributed by atoms with Crippen LogP contribution in [0.2, 0.25) is 0 Å². The zero-order valence-electron chi connectivity index (χ0n) is 17.8. The van der Waals surface area contributed by atoms with Gasteiger partial charge in [-0.05, 0) is 37.9 Å². The third-order valence-corrected chi connectivity index (χ3v) is 7.37. The van der Waals surface area contributed by atoms with Crippen molar-refractivity contribution in [1.29, 1.82) is 0 Å². The number of nitrogens with zero attached hydrogens (tertiary/aromatic N) is 6. The molecule has 9 heteroatoms. The molecule has 4 heterocycles. The van der Waals surface area contributed by atoms with Crippen molar-refractivity contribution in [3.05, 3.63) is 56.4 Å². The van der Waals surface area contributed by atoms with Crippen molar-refractivity contribution >= 4 is 32.7 Å². The molecule has 1 atom stereocenters. The number of thiazole rings is 1. The van der Waals surface area contributed by atoms with Gasteiger partial charge in [-0.25, -0.2) is 14.8 Å². The Balaban J connectivity index is 1.36. The summed E-state index contributed by atoms with van der Waals surface area (Å²) in [6, 6.07) is 8.59. The number of likely N-dealkylation sites (tertiary alicyclic amines) is 1. The van der Waals surface area contributed by atoms with Crippen LogP contribution in [0.15, 0.2) is 40.2 Å². The molecule has 1 aliphatic heterocycles. The molecular weight excluding hydrogens is 412 g/mol. The van der Waals surface area contributed by atoms with Gasteiger partial charge in [0.1, 0.15) is 5.01 Å². The predicted octanol–water partition coefficient (Wildman–Crippen LogP) is 2.66. The average molecular weight is 439 g/mol. The standard InChI is InChI=1S/C22H26N6O2S/c1-25-14-23-19-18(25)21(29)28(22(30)26(19)2)13-7-12-27-11-6-5-9-16(27)20-24-15-8-3-4-10-17(15)31-20/h3-4,8,10,14,16H,5-7,9,11-13H2,1-2H3. The van der Waals surface area contributed by atoms with Crippen molar-refractivity contribution < 1.29 is 0 Å². The SMILES string of the molecule is Cn1cnc2c1c(=O)n(CCCN1CCCCC1c1nc3ccccc3s1)c(=O)n2C. The Morgan fingerprint density at radius 1 is 1.13 bits per heavy atom. The lowest BCUT2D eigenvalue weighted by Crippen LogP contribution is -2.41. The Morgan fingerprint density at radius 3 is 2.81 bits per heavy atom. The van der Waals surface area contributed by atoms with Gasteiger partial charge in [0.15, 0.2) is 11.2 Å². The van der Waals surface area contributed by atoms with Crippen LogP contribution in [-0.4, -0.2) is 41.7 Å².